The lowest BCUT2D eigenvalue weighted by Crippen LogP contribution is -2.47. The van der Waals surface area contributed by atoms with Gasteiger partial charge in [-0.05, 0) is 105 Å². The predicted molar refractivity (Wildman–Crippen MR) is 326 cm³/mol. The first kappa shape index (κ1) is 60.0. The Morgan fingerprint density at radius 2 is 1.70 bits per heavy atom. The fraction of sp³-hybridized carbons (Fsp3) is 0.478. The van der Waals surface area contributed by atoms with Crippen LogP contribution in [-0.4, -0.2) is 113 Å². The topological polar surface area (TPSA) is 138 Å². The summed E-state index contributed by atoms with van der Waals surface area (Å²) in [5, 5.41) is 26.9. The van der Waals surface area contributed by atoms with Crippen molar-refractivity contribution in [1.82, 2.24) is 45.9 Å². The maximum Gasteiger partial charge on any atom is 0.343 e. The van der Waals surface area contributed by atoms with Crippen molar-refractivity contribution in [3.8, 4) is 0 Å². The molecule has 0 radical (unpaired) electrons. The van der Waals surface area contributed by atoms with Crippen molar-refractivity contribution in [2.75, 3.05) is 60.0 Å². The molecule has 81 heavy (non-hydrogen) atoms. The SMILES string of the molecule is C=C(CN(C)C(=O)CCCCCN1CC(C(CC)CC)CC1=C)NCC(=C)NC(Cc1ccccc1)C(=C)NCC(=C)N(C)CCCC(=C)NC1CCc2c(C)c(F)cc3nc4c(c1c23)CN1C(=C)C2=C(C=C41)C(O)(CC)C(=O)OC2. The number of rotatable bonds is 30. The number of allylic oxidation sites excluding steroid dienone is 2. The first-order chi connectivity index (χ1) is 38.8. The number of esters is 1. The Hall–Kier alpha value is -7.06. The summed E-state index contributed by atoms with van der Waals surface area (Å²) < 4.78 is 21.0. The summed E-state index contributed by atoms with van der Waals surface area (Å²) in [6.45, 7) is 43.8. The molecule has 0 saturated carbocycles. The second-order valence-electron chi connectivity index (χ2n) is 23.3. The molecule has 0 bridgehead atoms. The molecule has 8 rings (SSSR count). The molecule has 5 aliphatic rings. The van der Waals surface area contributed by atoms with E-state index in [1.165, 1.54) is 24.6 Å². The molecule has 1 fully saturated rings. The number of nitrogens with zero attached hydrogens (tertiary/aromatic N) is 5. The van der Waals surface area contributed by atoms with E-state index in [1.54, 1.807) is 11.8 Å². The summed E-state index contributed by atoms with van der Waals surface area (Å²) in [7, 11) is 3.89. The largest absolute Gasteiger partial charge is 0.458 e. The number of likely N-dealkylation sites (tertiary alicyclic amines) is 1. The number of benzene rings is 2. The summed E-state index contributed by atoms with van der Waals surface area (Å²) in [6.07, 6.45) is 12.8. The third-order valence-corrected chi connectivity index (χ3v) is 17.9. The number of ether oxygens (including phenoxy) is 1. The van der Waals surface area contributed by atoms with Crippen LogP contribution in [0.25, 0.3) is 16.6 Å². The molecular formula is C67H90FN9O4. The zero-order chi connectivity index (χ0) is 58.3. The third kappa shape index (κ3) is 13.3. The Kier molecular flexibility index (Phi) is 19.5. The van der Waals surface area contributed by atoms with E-state index < -0.39 is 11.6 Å². The second-order valence-corrected chi connectivity index (χ2v) is 23.3. The van der Waals surface area contributed by atoms with Crippen LogP contribution in [0.4, 0.5) is 4.39 Å². The third-order valence-electron chi connectivity index (χ3n) is 17.9. The van der Waals surface area contributed by atoms with Crippen molar-refractivity contribution in [2.24, 2.45) is 11.8 Å². The second kappa shape index (κ2) is 26.2. The molecule has 4 aliphatic heterocycles. The van der Waals surface area contributed by atoms with Crippen molar-refractivity contribution in [1.29, 1.82) is 0 Å². The molecule has 14 heteroatoms. The Labute approximate surface area is 482 Å². The van der Waals surface area contributed by atoms with Crippen LogP contribution < -0.4 is 21.3 Å². The molecule has 1 amide bonds. The molecule has 434 valence electrons. The number of halogens is 1. The molecule has 4 unspecified atom stereocenters. The number of aromatic nitrogens is 1. The lowest BCUT2D eigenvalue weighted by Gasteiger charge is -2.39. The van der Waals surface area contributed by atoms with Crippen molar-refractivity contribution in [2.45, 2.75) is 135 Å². The van der Waals surface area contributed by atoms with Crippen molar-refractivity contribution >= 4 is 28.5 Å². The molecular weight excluding hydrogens is 1010 g/mol. The Balaban J connectivity index is 0.798. The van der Waals surface area contributed by atoms with Crippen molar-refractivity contribution < 1.29 is 23.8 Å². The van der Waals surface area contributed by atoms with Gasteiger partial charge in [-0.3, -0.25) is 4.79 Å². The minimum Gasteiger partial charge on any atom is -0.458 e. The molecule has 1 saturated heterocycles. The molecule has 2 aromatic carbocycles. The van der Waals surface area contributed by atoms with Gasteiger partial charge in [-0.2, -0.15) is 0 Å². The van der Waals surface area contributed by atoms with Crippen LogP contribution in [0, 0.1) is 24.6 Å². The highest BCUT2D eigenvalue weighted by Crippen LogP contribution is 2.50. The summed E-state index contributed by atoms with van der Waals surface area (Å²) in [6, 6.07) is 11.6. The number of amides is 1. The normalized spacial score (nSPS) is 19.4. The van der Waals surface area contributed by atoms with Gasteiger partial charge in [0.1, 0.15) is 12.4 Å². The van der Waals surface area contributed by atoms with Gasteiger partial charge in [-0.15, -0.1) is 0 Å². The molecule has 1 aromatic heterocycles. The number of aliphatic hydroxyl groups is 1. The lowest BCUT2D eigenvalue weighted by atomic mass is 9.81. The van der Waals surface area contributed by atoms with Gasteiger partial charge in [-0.1, -0.05) is 116 Å². The van der Waals surface area contributed by atoms with E-state index in [1.807, 2.05) is 38.2 Å². The summed E-state index contributed by atoms with van der Waals surface area (Å²) in [5.74, 6) is 0.661. The van der Waals surface area contributed by atoms with Gasteiger partial charge in [0.05, 0.1) is 55.2 Å². The van der Waals surface area contributed by atoms with Crippen LogP contribution >= 0.6 is 0 Å². The first-order valence-electron chi connectivity index (χ1n) is 29.5. The number of fused-ring (bicyclic) bond motifs is 4. The molecule has 4 atom stereocenters. The average Bonchev–Trinajstić information content (AvgIpc) is 3.25. The number of likely N-dealkylation sites (N-methyl/N-ethyl adjacent to an activating group) is 2. The smallest absolute Gasteiger partial charge is 0.343 e. The average molecular weight is 1100 g/mol. The zero-order valence-electron chi connectivity index (χ0n) is 49.4. The monoisotopic (exact) mass is 1100 g/mol. The number of carbonyl (C=O) groups is 2. The highest BCUT2D eigenvalue weighted by molar-refractivity contribution is 5.95. The highest BCUT2D eigenvalue weighted by Gasteiger charge is 2.49. The summed E-state index contributed by atoms with van der Waals surface area (Å²) in [5.41, 5.74) is 12.4. The van der Waals surface area contributed by atoms with Gasteiger partial charge < -0.3 is 50.7 Å². The minimum atomic E-state index is -1.80. The van der Waals surface area contributed by atoms with Crippen LogP contribution in [0.5, 0.6) is 0 Å². The Morgan fingerprint density at radius 1 is 0.951 bits per heavy atom. The molecule has 3 aromatic rings. The van der Waals surface area contributed by atoms with E-state index >= 15 is 4.39 Å². The van der Waals surface area contributed by atoms with E-state index in [2.05, 4.69) is 115 Å². The highest BCUT2D eigenvalue weighted by atomic mass is 19.1. The van der Waals surface area contributed by atoms with E-state index in [0.29, 0.717) is 79.1 Å². The molecule has 0 spiro atoms. The summed E-state index contributed by atoms with van der Waals surface area (Å²) in [4.78, 5) is 39.6. The maximum absolute atomic E-state index is 15.6. The van der Waals surface area contributed by atoms with Gasteiger partial charge in [0, 0.05) is 108 Å². The first-order valence-corrected chi connectivity index (χ1v) is 29.5. The van der Waals surface area contributed by atoms with Crippen LogP contribution in [0.2, 0.25) is 0 Å². The van der Waals surface area contributed by atoms with Crippen LogP contribution in [-0.2, 0) is 33.7 Å². The Morgan fingerprint density at radius 3 is 2.43 bits per heavy atom. The molecule has 1 aliphatic carbocycles. The van der Waals surface area contributed by atoms with Crippen LogP contribution in [0.15, 0.2) is 140 Å². The number of hydrogen-bond donors (Lipinski definition) is 5. The molecule has 5 heterocycles. The molecule has 5 N–H and O–H groups in total. The Bertz CT molecular complexity index is 3030. The van der Waals surface area contributed by atoms with Crippen LogP contribution in [0.3, 0.4) is 0 Å². The van der Waals surface area contributed by atoms with Gasteiger partial charge in [0.2, 0.25) is 5.91 Å². The lowest BCUT2D eigenvalue weighted by molar-refractivity contribution is -0.162. The number of nitrogens with one attached hydrogen (secondary N) is 4. The zero-order valence-corrected chi connectivity index (χ0v) is 49.4. The van der Waals surface area contributed by atoms with E-state index in [0.717, 1.165) is 138 Å². The van der Waals surface area contributed by atoms with Crippen molar-refractivity contribution in [3.05, 3.63) is 179 Å². The quantitative estimate of drug-likeness (QED) is 0.0321. The number of carbonyl (C=O) groups excluding carboxylic acids is 2. The fourth-order valence-corrected chi connectivity index (χ4v) is 12.7. The number of aryl methyl sites for hydroxylation is 1. The predicted octanol–water partition coefficient (Wildman–Crippen LogP) is 10.9. The minimum absolute atomic E-state index is 0.0304. The number of cyclic esters (lactones) is 1. The number of pyridine rings is 1. The van der Waals surface area contributed by atoms with E-state index in [-0.39, 0.29) is 36.8 Å². The van der Waals surface area contributed by atoms with E-state index in [9.17, 15) is 14.7 Å². The maximum atomic E-state index is 15.6. The fourth-order valence-electron chi connectivity index (χ4n) is 12.7. The van der Waals surface area contributed by atoms with Gasteiger partial charge >= 0.3 is 5.97 Å². The number of unbranched alkanes of at least 4 members (excludes halogenated alkanes) is 2. The summed E-state index contributed by atoms with van der Waals surface area (Å²) >= 11 is 0. The number of hydrogen-bond acceptors (Lipinski definition) is 12. The standard InChI is InChI=1S/C67H90FN9O4/c1-14-51(15-2)52-32-45(7)76(39-52)31-22-18-21-27-62(78)75(13)38-44(6)69-36-43(5)72-59(33-50-25-19-17-20-26-50)48(10)70-37-46(8)74(12)30-23-24-42(4)71-58-29-28-53-47(9)57(68)35-60-63(53)64(58)54-40-77-49(11)55-41-81-66(79)67(80,16-3)56(55)34-61(77)65(54)73-60/h17,19-20,25-26,34-35,51-52,58-59,69-72,80H,4-8,10-11,14-16,18,21-24,27-33,36-41H2,1-3,9,12-13H3. The van der Waals surface area contributed by atoms with Gasteiger partial charge in [0.15, 0.2) is 5.60 Å². The van der Waals surface area contributed by atoms with Gasteiger partial charge in [-0.25, -0.2) is 14.2 Å². The van der Waals surface area contributed by atoms with Crippen molar-refractivity contribution in [3.63, 3.8) is 0 Å². The van der Waals surface area contributed by atoms with Crippen LogP contribution in [0.1, 0.15) is 131 Å². The van der Waals surface area contributed by atoms with E-state index in [4.69, 9.17) is 9.72 Å². The molecule has 13 nitrogen and oxygen atoms in total. The van der Waals surface area contributed by atoms with Gasteiger partial charge in [0.25, 0.3) is 0 Å².